The Hall–Kier alpha value is -0.840. The molecule has 1 fully saturated rings. The molecular weight excluding hydrogens is 186 g/mol. The van der Waals surface area contributed by atoms with Crippen molar-refractivity contribution in [1.29, 1.82) is 0 Å². The second kappa shape index (κ2) is 2.57. The molecule has 2 N–H and O–H groups in total. The van der Waals surface area contributed by atoms with Crippen molar-refractivity contribution in [2.75, 3.05) is 0 Å². The monoisotopic (exact) mass is 199 g/mol. The van der Waals surface area contributed by atoms with Gasteiger partial charge >= 0.3 is 5.69 Å². The van der Waals surface area contributed by atoms with Gasteiger partial charge in [0, 0.05) is 6.54 Å². The van der Waals surface area contributed by atoms with Crippen LogP contribution in [0.15, 0.2) is 4.79 Å². The third-order valence-electron chi connectivity index (χ3n) is 2.89. The van der Waals surface area contributed by atoms with Gasteiger partial charge in [0.25, 0.3) is 0 Å². The Labute approximate surface area is 81.0 Å². The minimum atomic E-state index is -0.132. The van der Waals surface area contributed by atoms with Crippen LogP contribution in [0.2, 0.25) is 0 Å². The molecular formula is C8H13N3OS. The molecule has 1 heterocycles. The summed E-state index contributed by atoms with van der Waals surface area (Å²) in [6.07, 6.45) is 1.18. The second-order valence-electron chi connectivity index (χ2n) is 4.36. The summed E-state index contributed by atoms with van der Waals surface area (Å²) in [4.78, 5) is 11.2. The average molecular weight is 199 g/mol. The lowest BCUT2D eigenvalue weighted by Gasteiger charge is -2.02. The Morgan fingerprint density at radius 3 is 2.62 bits per heavy atom. The summed E-state index contributed by atoms with van der Waals surface area (Å²) < 4.78 is 2.09. The predicted octanol–water partition coefficient (Wildman–Crippen LogP) is 1.28. The first-order chi connectivity index (χ1) is 6.00. The Kier molecular flexibility index (Phi) is 1.73. The number of hydrogen-bond acceptors (Lipinski definition) is 2. The molecule has 1 aliphatic rings. The molecule has 0 bridgehead atoms. The lowest BCUT2D eigenvalue weighted by atomic mass is 10.1. The summed E-state index contributed by atoms with van der Waals surface area (Å²) in [5.74, 6) is 0.594. The van der Waals surface area contributed by atoms with E-state index in [9.17, 15) is 4.79 Å². The number of H-pyrrole nitrogens is 2. The number of aromatic amines is 2. The lowest BCUT2D eigenvalue weighted by molar-refractivity contribution is 0.489. The maximum absolute atomic E-state index is 11.2. The molecule has 1 aliphatic carbocycles. The van der Waals surface area contributed by atoms with Gasteiger partial charge < -0.3 is 0 Å². The van der Waals surface area contributed by atoms with Crippen LogP contribution in [0.3, 0.4) is 0 Å². The van der Waals surface area contributed by atoms with E-state index in [1.54, 1.807) is 4.57 Å². The highest BCUT2D eigenvalue weighted by atomic mass is 32.1. The second-order valence-corrected chi connectivity index (χ2v) is 4.75. The van der Waals surface area contributed by atoms with Gasteiger partial charge in [-0.2, -0.15) is 0 Å². The van der Waals surface area contributed by atoms with Crippen LogP contribution in [0.25, 0.3) is 0 Å². The van der Waals surface area contributed by atoms with Gasteiger partial charge in [-0.25, -0.2) is 9.89 Å². The van der Waals surface area contributed by atoms with Gasteiger partial charge in [0.2, 0.25) is 0 Å². The Balaban J connectivity index is 2.20. The van der Waals surface area contributed by atoms with Gasteiger partial charge in [-0.15, -0.1) is 0 Å². The molecule has 13 heavy (non-hydrogen) atoms. The molecule has 0 amide bonds. The normalized spacial score (nSPS) is 24.6. The standard InChI is InChI=1S/C8H13N3OS/c1-8(2)3-5(8)4-11-6(12)9-10-7(11)13/h5H,3-4H2,1-2H3,(H,9,12)(H,10,13). The minimum absolute atomic E-state index is 0.132. The van der Waals surface area contributed by atoms with Crippen molar-refractivity contribution in [2.45, 2.75) is 26.8 Å². The van der Waals surface area contributed by atoms with E-state index in [1.165, 1.54) is 6.42 Å². The van der Waals surface area contributed by atoms with E-state index in [2.05, 4.69) is 24.0 Å². The van der Waals surface area contributed by atoms with Crippen molar-refractivity contribution in [1.82, 2.24) is 14.8 Å². The molecule has 4 nitrogen and oxygen atoms in total. The number of nitrogens with one attached hydrogen (secondary N) is 2. The fraction of sp³-hybridized carbons (Fsp3) is 0.750. The summed E-state index contributed by atoms with van der Waals surface area (Å²) in [6, 6.07) is 0. The Bertz CT molecular complexity index is 398. The zero-order valence-electron chi connectivity index (χ0n) is 7.76. The van der Waals surface area contributed by atoms with Crippen LogP contribution in [0.1, 0.15) is 20.3 Å². The molecule has 0 spiro atoms. The van der Waals surface area contributed by atoms with E-state index < -0.39 is 0 Å². The van der Waals surface area contributed by atoms with Crippen LogP contribution in [-0.2, 0) is 6.54 Å². The molecule has 1 aromatic heterocycles. The maximum atomic E-state index is 11.2. The van der Waals surface area contributed by atoms with Crippen LogP contribution in [-0.4, -0.2) is 14.8 Å². The number of hydrogen-bond donors (Lipinski definition) is 2. The summed E-state index contributed by atoms with van der Waals surface area (Å²) in [5, 5.41) is 5.11. The van der Waals surface area contributed by atoms with Crippen LogP contribution >= 0.6 is 12.2 Å². The summed E-state index contributed by atoms with van der Waals surface area (Å²) in [6.45, 7) is 5.16. The molecule has 1 saturated carbocycles. The molecule has 2 rings (SSSR count). The first-order valence-electron chi connectivity index (χ1n) is 4.38. The molecule has 0 aromatic carbocycles. The molecule has 1 unspecified atom stereocenters. The molecule has 1 aromatic rings. The largest absolute Gasteiger partial charge is 0.342 e. The van der Waals surface area contributed by atoms with Crippen molar-refractivity contribution in [3.05, 3.63) is 15.3 Å². The quantitative estimate of drug-likeness (QED) is 0.705. The predicted molar refractivity (Wildman–Crippen MR) is 52.1 cm³/mol. The number of nitrogens with zero attached hydrogens (tertiary/aromatic N) is 1. The zero-order chi connectivity index (χ0) is 9.64. The highest BCUT2D eigenvalue weighted by Gasteiger charge is 2.45. The summed E-state index contributed by atoms with van der Waals surface area (Å²) in [5.41, 5.74) is 0.256. The van der Waals surface area contributed by atoms with E-state index in [1.807, 2.05) is 0 Å². The van der Waals surface area contributed by atoms with E-state index >= 15 is 0 Å². The molecule has 0 radical (unpaired) electrons. The van der Waals surface area contributed by atoms with Gasteiger partial charge in [-0.3, -0.25) is 9.67 Å². The highest BCUT2D eigenvalue weighted by Crippen LogP contribution is 2.52. The van der Waals surface area contributed by atoms with Gasteiger partial charge in [-0.05, 0) is 30.0 Å². The van der Waals surface area contributed by atoms with Crippen LogP contribution < -0.4 is 5.69 Å². The van der Waals surface area contributed by atoms with Gasteiger partial charge in [-0.1, -0.05) is 13.8 Å². The van der Waals surface area contributed by atoms with Gasteiger partial charge in [0.05, 0.1) is 0 Å². The minimum Gasteiger partial charge on any atom is -0.272 e. The molecule has 0 aliphatic heterocycles. The first-order valence-corrected chi connectivity index (χ1v) is 4.79. The number of aromatic nitrogens is 3. The third-order valence-corrected chi connectivity index (χ3v) is 3.21. The Morgan fingerprint density at radius 1 is 1.62 bits per heavy atom. The van der Waals surface area contributed by atoms with Crippen molar-refractivity contribution in [3.8, 4) is 0 Å². The van der Waals surface area contributed by atoms with Crippen molar-refractivity contribution >= 4 is 12.2 Å². The average Bonchev–Trinajstić information content (AvgIpc) is 2.52. The van der Waals surface area contributed by atoms with Crippen LogP contribution in [0.4, 0.5) is 0 Å². The van der Waals surface area contributed by atoms with E-state index in [4.69, 9.17) is 12.2 Å². The first kappa shape index (κ1) is 8.74. The van der Waals surface area contributed by atoms with E-state index in [0.717, 1.165) is 6.54 Å². The highest BCUT2D eigenvalue weighted by molar-refractivity contribution is 7.71. The zero-order valence-corrected chi connectivity index (χ0v) is 8.57. The van der Waals surface area contributed by atoms with Crippen LogP contribution in [0, 0.1) is 16.1 Å². The van der Waals surface area contributed by atoms with E-state index in [-0.39, 0.29) is 5.69 Å². The topological polar surface area (TPSA) is 53.6 Å². The molecule has 1 atom stereocenters. The fourth-order valence-electron chi connectivity index (χ4n) is 1.61. The molecule has 5 heteroatoms. The molecule has 72 valence electrons. The van der Waals surface area contributed by atoms with Gasteiger partial charge in [0.1, 0.15) is 0 Å². The van der Waals surface area contributed by atoms with Crippen molar-refractivity contribution in [3.63, 3.8) is 0 Å². The summed E-state index contributed by atoms with van der Waals surface area (Å²) in [7, 11) is 0. The maximum Gasteiger partial charge on any atom is 0.342 e. The van der Waals surface area contributed by atoms with Crippen LogP contribution in [0.5, 0.6) is 0 Å². The fourth-order valence-corrected chi connectivity index (χ4v) is 1.82. The van der Waals surface area contributed by atoms with E-state index in [0.29, 0.717) is 16.1 Å². The third kappa shape index (κ3) is 1.48. The SMILES string of the molecule is CC1(C)CC1Cn1c(=O)[nH][nH]c1=S. The Morgan fingerprint density at radius 2 is 2.23 bits per heavy atom. The van der Waals surface area contributed by atoms with Crippen molar-refractivity contribution < 1.29 is 0 Å². The smallest absolute Gasteiger partial charge is 0.272 e. The van der Waals surface area contributed by atoms with Gasteiger partial charge in [0.15, 0.2) is 4.77 Å². The summed E-state index contributed by atoms with van der Waals surface area (Å²) >= 11 is 4.97. The number of rotatable bonds is 2. The lowest BCUT2D eigenvalue weighted by Crippen LogP contribution is -2.18. The molecule has 0 saturated heterocycles. The van der Waals surface area contributed by atoms with Crippen molar-refractivity contribution in [2.24, 2.45) is 11.3 Å².